The fourth-order valence-electron chi connectivity index (χ4n) is 1.69. The van der Waals surface area contributed by atoms with Crippen molar-refractivity contribution in [2.75, 3.05) is 11.9 Å². The van der Waals surface area contributed by atoms with Gasteiger partial charge in [0.2, 0.25) is 5.91 Å². The first-order valence-corrected chi connectivity index (χ1v) is 7.40. The predicted octanol–water partition coefficient (Wildman–Crippen LogP) is 1.29. The maximum absolute atomic E-state index is 11.2. The Kier molecular flexibility index (Phi) is 4.28. The van der Waals surface area contributed by atoms with Crippen LogP contribution >= 0.6 is 27.7 Å². The van der Waals surface area contributed by atoms with Gasteiger partial charge in [-0.15, -0.1) is 0 Å². The van der Waals surface area contributed by atoms with Crippen molar-refractivity contribution in [3.63, 3.8) is 0 Å². The molecule has 1 saturated heterocycles. The number of amides is 1. The van der Waals surface area contributed by atoms with Crippen LogP contribution in [0, 0.1) is 0 Å². The van der Waals surface area contributed by atoms with E-state index in [1.165, 1.54) is 0 Å². The van der Waals surface area contributed by atoms with Crippen LogP contribution in [0.4, 0.5) is 0 Å². The lowest BCUT2D eigenvalue weighted by atomic mass is 10.1. The van der Waals surface area contributed by atoms with Crippen molar-refractivity contribution >= 4 is 39.4 Å². The van der Waals surface area contributed by atoms with E-state index in [0.717, 1.165) is 17.0 Å². The maximum atomic E-state index is 11.2. The molecule has 2 N–H and O–H groups in total. The Morgan fingerprint density at radius 3 is 3.24 bits per heavy atom. The highest BCUT2D eigenvalue weighted by molar-refractivity contribution is 9.09. The fourth-order valence-corrected chi connectivity index (χ4v) is 3.09. The van der Waals surface area contributed by atoms with Gasteiger partial charge in [0, 0.05) is 23.6 Å². The van der Waals surface area contributed by atoms with E-state index >= 15 is 0 Å². The molecule has 17 heavy (non-hydrogen) atoms. The molecular weight excluding hydrogens is 304 g/mol. The van der Waals surface area contributed by atoms with Crippen molar-refractivity contribution in [2.45, 2.75) is 18.2 Å². The van der Waals surface area contributed by atoms with Gasteiger partial charge >= 0.3 is 0 Å². The molecule has 1 fully saturated rings. The van der Waals surface area contributed by atoms with Crippen LogP contribution in [0.1, 0.15) is 12.8 Å². The van der Waals surface area contributed by atoms with Crippen LogP contribution in [-0.2, 0) is 9.59 Å². The van der Waals surface area contributed by atoms with Crippen LogP contribution in [-0.4, -0.2) is 28.9 Å². The van der Waals surface area contributed by atoms with Gasteiger partial charge in [0.25, 0.3) is 0 Å². The van der Waals surface area contributed by atoms with Gasteiger partial charge in [0.1, 0.15) is 0 Å². The first-order valence-electron chi connectivity index (χ1n) is 5.40. The monoisotopic (exact) mass is 316 g/mol. The molecule has 2 aliphatic rings. The Bertz CT molecular complexity index is 406. The van der Waals surface area contributed by atoms with Gasteiger partial charge in [0.05, 0.1) is 10.7 Å². The summed E-state index contributed by atoms with van der Waals surface area (Å²) in [5, 5.41) is 6.73. The molecule has 1 aliphatic carbocycles. The first-order chi connectivity index (χ1) is 8.19. The third kappa shape index (κ3) is 3.35. The van der Waals surface area contributed by atoms with Crippen molar-refractivity contribution in [3.05, 3.63) is 22.8 Å². The molecule has 0 aromatic rings. The molecule has 1 atom stereocenters. The third-order valence-electron chi connectivity index (χ3n) is 2.50. The number of fused-ring (bicyclic) bond motifs is 1. The highest BCUT2D eigenvalue weighted by atomic mass is 79.9. The van der Waals surface area contributed by atoms with E-state index < -0.39 is 0 Å². The van der Waals surface area contributed by atoms with Crippen molar-refractivity contribution in [2.24, 2.45) is 0 Å². The van der Waals surface area contributed by atoms with E-state index in [-0.39, 0.29) is 17.1 Å². The van der Waals surface area contributed by atoms with E-state index in [1.54, 1.807) is 17.8 Å². The van der Waals surface area contributed by atoms with Gasteiger partial charge in [0.15, 0.2) is 5.78 Å². The van der Waals surface area contributed by atoms with E-state index in [2.05, 4.69) is 26.6 Å². The number of rotatable bonds is 4. The van der Waals surface area contributed by atoms with Gasteiger partial charge in [-0.2, -0.15) is 0 Å². The summed E-state index contributed by atoms with van der Waals surface area (Å²) in [6, 6.07) is 0. The minimum absolute atomic E-state index is 0.000905. The predicted molar refractivity (Wildman–Crippen MR) is 71.7 cm³/mol. The molecule has 0 saturated carbocycles. The van der Waals surface area contributed by atoms with Gasteiger partial charge in [-0.3, -0.25) is 9.59 Å². The van der Waals surface area contributed by atoms with Crippen molar-refractivity contribution in [1.29, 1.82) is 0 Å². The van der Waals surface area contributed by atoms with E-state index in [1.807, 2.05) is 6.08 Å². The van der Waals surface area contributed by atoms with E-state index in [0.29, 0.717) is 18.3 Å². The Morgan fingerprint density at radius 2 is 2.47 bits per heavy atom. The number of alkyl halides is 1. The molecule has 0 bridgehead atoms. The van der Waals surface area contributed by atoms with Gasteiger partial charge < -0.3 is 10.6 Å². The number of ketones is 1. The van der Waals surface area contributed by atoms with E-state index in [9.17, 15) is 9.59 Å². The zero-order chi connectivity index (χ0) is 12.3. The van der Waals surface area contributed by atoms with Crippen molar-refractivity contribution < 1.29 is 9.59 Å². The second-order valence-electron chi connectivity index (χ2n) is 3.82. The molecule has 2 rings (SSSR count). The van der Waals surface area contributed by atoms with Crippen LogP contribution in [0.5, 0.6) is 0 Å². The number of hydrogen-bond donors (Lipinski definition) is 2. The largest absolute Gasteiger partial charge is 0.372 e. The standard InChI is InChI=1S/C11H13BrN2O2S/c12-6-10(16)13-4-3-11-14-8-2-1-7(15)5-9(8)17-11/h2,5,11,14H,1,3-4,6H2,(H,13,16). The molecule has 6 heteroatoms. The van der Waals surface area contributed by atoms with Crippen LogP contribution in [0.3, 0.4) is 0 Å². The fraction of sp³-hybridized carbons (Fsp3) is 0.455. The Morgan fingerprint density at radius 1 is 1.65 bits per heavy atom. The zero-order valence-corrected chi connectivity index (χ0v) is 11.6. The third-order valence-corrected chi connectivity index (χ3v) is 4.24. The maximum Gasteiger partial charge on any atom is 0.230 e. The average Bonchev–Trinajstić information content (AvgIpc) is 2.70. The zero-order valence-electron chi connectivity index (χ0n) is 9.16. The smallest absolute Gasteiger partial charge is 0.230 e. The number of allylic oxidation sites excluding steroid dienone is 2. The Labute approximate surface area is 112 Å². The number of nitrogens with one attached hydrogen (secondary N) is 2. The number of carbonyl (C=O) groups excluding carboxylic acids is 2. The van der Waals surface area contributed by atoms with Crippen molar-refractivity contribution in [3.8, 4) is 0 Å². The Balaban J connectivity index is 1.80. The second kappa shape index (κ2) is 5.73. The summed E-state index contributed by atoms with van der Waals surface area (Å²) in [4.78, 5) is 23.3. The lowest BCUT2D eigenvalue weighted by Gasteiger charge is -2.10. The molecule has 1 aliphatic heterocycles. The lowest BCUT2D eigenvalue weighted by Crippen LogP contribution is -2.29. The summed E-state index contributed by atoms with van der Waals surface area (Å²) in [6.45, 7) is 0.642. The number of thioether (sulfide) groups is 1. The number of halogens is 1. The molecule has 92 valence electrons. The quantitative estimate of drug-likeness (QED) is 0.767. The topological polar surface area (TPSA) is 58.2 Å². The average molecular weight is 317 g/mol. The van der Waals surface area contributed by atoms with Gasteiger partial charge in [-0.1, -0.05) is 33.8 Å². The minimum atomic E-state index is -0.000905. The Hall–Kier alpha value is -0.750. The van der Waals surface area contributed by atoms with Crippen LogP contribution in [0.25, 0.3) is 0 Å². The van der Waals surface area contributed by atoms with Crippen LogP contribution in [0.2, 0.25) is 0 Å². The molecule has 1 unspecified atom stereocenters. The summed E-state index contributed by atoms with van der Waals surface area (Å²) in [5.41, 5.74) is 1.06. The molecule has 1 heterocycles. The van der Waals surface area contributed by atoms with Crippen LogP contribution < -0.4 is 10.6 Å². The van der Waals surface area contributed by atoms with Crippen molar-refractivity contribution in [1.82, 2.24) is 10.6 Å². The molecular formula is C11H13BrN2O2S. The summed E-state index contributed by atoms with van der Waals surface area (Å²) >= 11 is 4.75. The number of carbonyl (C=O) groups is 2. The molecule has 0 radical (unpaired) electrons. The molecule has 0 aromatic carbocycles. The van der Waals surface area contributed by atoms with Gasteiger partial charge in [-0.05, 0) is 12.5 Å². The number of hydrogen-bond acceptors (Lipinski definition) is 4. The normalized spacial score (nSPS) is 22.4. The van der Waals surface area contributed by atoms with E-state index in [4.69, 9.17) is 0 Å². The summed E-state index contributed by atoms with van der Waals surface area (Å²) in [5.74, 6) is 0.158. The summed E-state index contributed by atoms with van der Waals surface area (Å²) in [7, 11) is 0. The molecule has 4 nitrogen and oxygen atoms in total. The lowest BCUT2D eigenvalue weighted by molar-refractivity contribution is -0.118. The first kappa shape index (κ1) is 12.7. The molecule has 0 aromatic heterocycles. The molecule has 1 amide bonds. The highest BCUT2D eigenvalue weighted by Gasteiger charge is 2.26. The summed E-state index contributed by atoms with van der Waals surface area (Å²) < 4.78 is 0. The van der Waals surface area contributed by atoms with Crippen LogP contribution in [0.15, 0.2) is 22.8 Å². The molecule has 0 spiro atoms. The minimum Gasteiger partial charge on any atom is -0.372 e. The van der Waals surface area contributed by atoms with Gasteiger partial charge in [-0.25, -0.2) is 0 Å². The second-order valence-corrected chi connectivity index (χ2v) is 5.63. The SMILES string of the molecule is O=C1C=C2SC(CCNC(=O)CBr)NC2=CC1. The summed E-state index contributed by atoms with van der Waals surface area (Å²) in [6.07, 6.45) is 4.96. The highest BCUT2D eigenvalue weighted by Crippen LogP contribution is 2.37.